The molecule has 1 aromatic heterocycles. The molecular weight excluding hydrogens is 330 g/mol. The van der Waals surface area contributed by atoms with E-state index >= 15 is 0 Å². The number of carbonyl (C=O) groups is 1. The van der Waals surface area contributed by atoms with Crippen molar-refractivity contribution in [3.05, 3.63) is 41.9 Å². The molecule has 138 valence electrons. The maximum Gasteiger partial charge on any atom is 0.324 e. The van der Waals surface area contributed by atoms with Crippen LogP contribution in [-0.4, -0.2) is 47.6 Å². The molecule has 0 bridgehead atoms. The van der Waals surface area contributed by atoms with Crippen molar-refractivity contribution >= 4 is 17.5 Å². The largest absolute Gasteiger partial charge is 0.491 e. The molecule has 1 fully saturated rings. The number of aromatic nitrogens is 2. The molecule has 2 aromatic rings. The van der Waals surface area contributed by atoms with E-state index in [1.165, 1.54) is 6.20 Å². The van der Waals surface area contributed by atoms with Crippen molar-refractivity contribution in [2.75, 3.05) is 37.4 Å². The Morgan fingerprint density at radius 3 is 2.81 bits per heavy atom. The van der Waals surface area contributed by atoms with Gasteiger partial charge in [-0.15, -0.1) is 0 Å². The normalized spacial score (nSPS) is 17.1. The molecule has 1 aliphatic heterocycles. The molecule has 1 aliphatic rings. The van der Waals surface area contributed by atoms with Gasteiger partial charge >= 0.3 is 6.03 Å². The molecule has 0 saturated carbocycles. The average molecular weight is 355 g/mol. The summed E-state index contributed by atoms with van der Waals surface area (Å²) in [6.07, 6.45) is 4.27. The van der Waals surface area contributed by atoms with Crippen molar-refractivity contribution in [3.8, 4) is 5.75 Å². The topological polar surface area (TPSA) is 79.4 Å². The van der Waals surface area contributed by atoms with Gasteiger partial charge in [0.1, 0.15) is 5.75 Å². The summed E-state index contributed by atoms with van der Waals surface area (Å²) in [6, 6.07) is 5.40. The van der Waals surface area contributed by atoms with Crippen LogP contribution in [0.3, 0.4) is 0 Å². The van der Waals surface area contributed by atoms with Crippen molar-refractivity contribution < 1.29 is 9.53 Å². The minimum atomic E-state index is -0.376. The van der Waals surface area contributed by atoms with E-state index in [2.05, 4.69) is 32.5 Å². The highest BCUT2D eigenvalue weighted by Crippen LogP contribution is 2.27. The molecule has 0 radical (unpaired) electrons. The average Bonchev–Trinajstić information content (AvgIpc) is 3.01. The summed E-state index contributed by atoms with van der Waals surface area (Å²) >= 11 is 0. The predicted molar refractivity (Wildman–Crippen MR) is 102 cm³/mol. The van der Waals surface area contributed by atoms with Gasteiger partial charge in [-0.25, -0.2) is 9.78 Å². The Morgan fingerprint density at radius 2 is 2.12 bits per heavy atom. The minimum absolute atomic E-state index is 0.376. The van der Waals surface area contributed by atoms with E-state index in [9.17, 15) is 4.79 Å². The van der Waals surface area contributed by atoms with Crippen LogP contribution in [0.4, 0.5) is 16.3 Å². The van der Waals surface area contributed by atoms with Gasteiger partial charge in [0.25, 0.3) is 0 Å². The third kappa shape index (κ3) is 4.92. The maximum absolute atomic E-state index is 12.3. The number of ether oxygens (including phenoxy) is 1. The zero-order valence-electron chi connectivity index (χ0n) is 15.5. The highest BCUT2D eigenvalue weighted by atomic mass is 16.5. The highest BCUT2D eigenvalue weighted by molar-refractivity contribution is 6.00. The second-order valence-electron chi connectivity index (χ2n) is 6.85. The van der Waals surface area contributed by atoms with E-state index in [-0.39, 0.29) is 6.03 Å². The molecule has 1 unspecified atom stereocenters. The first-order valence-electron chi connectivity index (χ1n) is 8.78. The van der Waals surface area contributed by atoms with Crippen LogP contribution in [0.1, 0.15) is 17.7 Å². The van der Waals surface area contributed by atoms with Gasteiger partial charge in [0.05, 0.1) is 30.4 Å². The molecule has 2 amide bonds. The molecule has 1 saturated heterocycles. The number of amides is 2. The third-order valence-electron chi connectivity index (χ3n) is 4.37. The molecule has 26 heavy (non-hydrogen) atoms. The van der Waals surface area contributed by atoms with E-state index in [0.29, 0.717) is 29.8 Å². The van der Waals surface area contributed by atoms with Crippen molar-refractivity contribution in [2.24, 2.45) is 5.92 Å². The standard InChI is InChI=1S/C19H25N5O2/c1-13-4-5-17(26-12-15-6-7-24(3)11-15)16(8-13)22-19(25)23-18-10-20-14(2)9-21-18/h4-5,8-10,15H,6-7,11-12H2,1-3H3,(H2,21,22,23,25). The van der Waals surface area contributed by atoms with Gasteiger partial charge in [0, 0.05) is 12.5 Å². The van der Waals surface area contributed by atoms with Gasteiger partial charge in [0.2, 0.25) is 0 Å². The Labute approximate surface area is 153 Å². The number of aryl methyl sites for hydroxylation is 2. The molecule has 1 atom stereocenters. The smallest absolute Gasteiger partial charge is 0.324 e. The van der Waals surface area contributed by atoms with Crippen LogP contribution in [0.15, 0.2) is 30.6 Å². The van der Waals surface area contributed by atoms with Crippen LogP contribution in [0.5, 0.6) is 5.75 Å². The summed E-state index contributed by atoms with van der Waals surface area (Å²) < 4.78 is 5.99. The fourth-order valence-electron chi connectivity index (χ4n) is 2.96. The third-order valence-corrected chi connectivity index (χ3v) is 4.37. The first-order chi connectivity index (χ1) is 12.5. The van der Waals surface area contributed by atoms with Crippen molar-refractivity contribution in [2.45, 2.75) is 20.3 Å². The summed E-state index contributed by atoms with van der Waals surface area (Å²) in [5, 5.41) is 5.53. The number of urea groups is 1. The monoisotopic (exact) mass is 355 g/mol. The van der Waals surface area contributed by atoms with E-state index in [1.807, 2.05) is 32.0 Å². The number of likely N-dealkylation sites (tertiary alicyclic amines) is 1. The lowest BCUT2D eigenvalue weighted by Gasteiger charge is -2.16. The zero-order chi connectivity index (χ0) is 18.5. The summed E-state index contributed by atoms with van der Waals surface area (Å²) in [7, 11) is 2.12. The molecule has 7 nitrogen and oxygen atoms in total. The molecule has 0 aliphatic carbocycles. The summed E-state index contributed by atoms with van der Waals surface area (Å²) in [5.41, 5.74) is 2.49. The van der Waals surface area contributed by atoms with Crippen LogP contribution >= 0.6 is 0 Å². The SMILES string of the molecule is Cc1ccc(OCC2CCN(C)C2)c(NC(=O)Nc2cnc(C)cn2)c1. The molecule has 1 aromatic carbocycles. The quantitative estimate of drug-likeness (QED) is 0.862. The summed E-state index contributed by atoms with van der Waals surface area (Å²) in [5.74, 6) is 1.60. The van der Waals surface area contributed by atoms with E-state index in [1.54, 1.807) is 6.20 Å². The number of carbonyl (C=O) groups excluding carboxylic acids is 1. The second kappa shape index (κ2) is 8.14. The highest BCUT2D eigenvalue weighted by Gasteiger charge is 2.20. The van der Waals surface area contributed by atoms with Gasteiger partial charge in [-0.2, -0.15) is 0 Å². The Kier molecular flexibility index (Phi) is 5.68. The number of benzene rings is 1. The van der Waals surface area contributed by atoms with Gasteiger partial charge < -0.3 is 15.0 Å². The number of nitrogens with zero attached hydrogens (tertiary/aromatic N) is 3. The van der Waals surface area contributed by atoms with Crippen molar-refractivity contribution in [3.63, 3.8) is 0 Å². The Morgan fingerprint density at radius 1 is 1.27 bits per heavy atom. The number of anilines is 2. The molecule has 3 rings (SSSR count). The lowest BCUT2D eigenvalue weighted by molar-refractivity contribution is 0.249. The van der Waals surface area contributed by atoms with Crippen LogP contribution in [0.25, 0.3) is 0 Å². The Balaban J connectivity index is 1.63. The first-order valence-corrected chi connectivity index (χ1v) is 8.78. The van der Waals surface area contributed by atoms with Crippen LogP contribution in [0, 0.1) is 19.8 Å². The lowest BCUT2D eigenvalue weighted by atomic mass is 10.1. The number of hydrogen-bond donors (Lipinski definition) is 2. The zero-order valence-corrected chi connectivity index (χ0v) is 15.5. The lowest BCUT2D eigenvalue weighted by Crippen LogP contribution is -2.21. The van der Waals surface area contributed by atoms with E-state index < -0.39 is 0 Å². The second-order valence-corrected chi connectivity index (χ2v) is 6.85. The Bertz CT molecular complexity index is 763. The van der Waals surface area contributed by atoms with Crippen molar-refractivity contribution in [1.29, 1.82) is 0 Å². The molecular formula is C19H25N5O2. The van der Waals surface area contributed by atoms with Crippen LogP contribution in [0.2, 0.25) is 0 Å². The fourth-order valence-corrected chi connectivity index (χ4v) is 2.96. The Hall–Kier alpha value is -2.67. The number of rotatable bonds is 5. The van der Waals surface area contributed by atoms with Gasteiger partial charge in [-0.05, 0) is 51.6 Å². The van der Waals surface area contributed by atoms with Crippen LogP contribution in [-0.2, 0) is 0 Å². The van der Waals surface area contributed by atoms with Crippen LogP contribution < -0.4 is 15.4 Å². The maximum atomic E-state index is 12.3. The fraction of sp³-hybridized carbons (Fsp3) is 0.421. The number of hydrogen-bond acceptors (Lipinski definition) is 5. The first kappa shape index (κ1) is 18.1. The molecule has 7 heteroatoms. The predicted octanol–water partition coefficient (Wildman–Crippen LogP) is 3.07. The summed E-state index contributed by atoms with van der Waals surface area (Å²) in [4.78, 5) is 22.8. The van der Waals surface area contributed by atoms with Gasteiger partial charge in [-0.1, -0.05) is 6.07 Å². The molecule has 2 heterocycles. The van der Waals surface area contributed by atoms with E-state index in [4.69, 9.17) is 4.74 Å². The van der Waals surface area contributed by atoms with Gasteiger partial charge in [-0.3, -0.25) is 10.3 Å². The van der Waals surface area contributed by atoms with E-state index in [0.717, 1.165) is 30.8 Å². The number of nitrogens with one attached hydrogen (secondary N) is 2. The minimum Gasteiger partial charge on any atom is -0.491 e. The van der Waals surface area contributed by atoms with Gasteiger partial charge in [0.15, 0.2) is 5.82 Å². The summed E-state index contributed by atoms with van der Waals surface area (Å²) in [6.45, 7) is 6.61. The molecule has 0 spiro atoms. The van der Waals surface area contributed by atoms with Crippen molar-refractivity contribution in [1.82, 2.24) is 14.9 Å². The molecule has 2 N–H and O–H groups in total.